The maximum Gasteiger partial charge on any atom is 0.253 e. The number of rotatable bonds is 3. The molecule has 1 N–H and O–H groups in total. The Bertz CT molecular complexity index is 709. The van der Waals surface area contributed by atoms with Crippen LogP contribution in [0, 0.1) is 12.8 Å². The van der Waals surface area contributed by atoms with E-state index in [1.165, 1.54) is 0 Å². The van der Waals surface area contributed by atoms with E-state index in [0.29, 0.717) is 23.7 Å². The van der Waals surface area contributed by atoms with Crippen LogP contribution in [0.2, 0.25) is 5.02 Å². The van der Waals surface area contributed by atoms with Crippen LogP contribution in [0.25, 0.3) is 0 Å². The van der Waals surface area contributed by atoms with Crippen molar-refractivity contribution in [2.24, 2.45) is 5.92 Å². The summed E-state index contributed by atoms with van der Waals surface area (Å²) in [6, 6.07) is 15.2. The SMILES string of the molecule is Cc1cc(C(=O)N2CCC(C(O)c3ccccc3)CC2)ccc1Cl. The number of carbonyl (C=O) groups is 1. The number of benzene rings is 2. The van der Waals surface area contributed by atoms with Gasteiger partial charge in [-0.15, -0.1) is 0 Å². The summed E-state index contributed by atoms with van der Waals surface area (Å²) in [7, 11) is 0. The number of aryl methyl sites for hydroxylation is 1. The molecule has 126 valence electrons. The van der Waals surface area contributed by atoms with Crippen molar-refractivity contribution in [3.05, 3.63) is 70.2 Å². The summed E-state index contributed by atoms with van der Waals surface area (Å²) in [5.74, 6) is 0.242. The average Bonchev–Trinajstić information content (AvgIpc) is 2.63. The fourth-order valence-electron chi connectivity index (χ4n) is 3.30. The van der Waals surface area contributed by atoms with E-state index in [2.05, 4.69) is 0 Å². The highest BCUT2D eigenvalue weighted by Crippen LogP contribution is 2.31. The number of likely N-dealkylation sites (tertiary alicyclic amines) is 1. The Hall–Kier alpha value is -1.84. The second-order valence-electron chi connectivity index (χ2n) is 6.45. The molecule has 4 heteroatoms. The average molecular weight is 344 g/mol. The van der Waals surface area contributed by atoms with Crippen LogP contribution in [-0.4, -0.2) is 29.0 Å². The van der Waals surface area contributed by atoms with Crippen LogP contribution in [0.4, 0.5) is 0 Å². The summed E-state index contributed by atoms with van der Waals surface area (Å²) in [6.07, 6.45) is 1.17. The Labute approximate surface area is 147 Å². The van der Waals surface area contributed by atoms with Crippen molar-refractivity contribution in [2.75, 3.05) is 13.1 Å². The van der Waals surface area contributed by atoms with Gasteiger partial charge < -0.3 is 10.0 Å². The molecule has 3 nitrogen and oxygen atoms in total. The lowest BCUT2D eigenvalue weighted by Gasteiger charge is -2.34. The number of amides is 1. The summed E-state index contributed by atoms with van der Waals surface area (Å²) in [5.41, 5.74) is 2.55. The largest absolute Gasteiger partial charge is 0.388 e. The topological polar surface area (TPSA) is 40.5 Å². The van der Waals surface area contributed by atoms with Gasteiger partial charge in [-0.05, 0) is 55.0 Å². The molecule has 3 rings (SSSR count). The lowest BCUT2D eigenvalue weighted by Crippen LogP contribution is -2.39. The molecule has 1 unspecified atom stereocenters. The minimum absolute atomic E-state index is 0.0439. The van der Waals surface area contributed by atoms with E-state index in [0.717, 1.165) is 24.0 Å². The fraction of sp³-hybridized carbons (Fsp3) is 0.350. The maximum absolute atomic E-state index is 12.6. The van der Waals surface area contributed by atoms with Crippen molar-refractivity contribution < 1.29 is 9.90 Å². The molecule has 0 saturated carbocycles. The van der Waals surface area contributed by atoms with E-state index in [-0.39, 0.29) is 11.8 Å². The van der Waals surface area contributed by atoms with Crippen molar-refractivity contribution in [1.82, 2.24) is 4.90 Å². The zero-order valence-electron chi connectivity index (χ0n) is 13.8. The van der Waals surface area contributed by atoms with E-state index >= 15 is 0 Å². The molecule has 24 heavy (non-hydrogen) atoms. The molecule has 0 aromatic heterocycles. The van der Waals surface area contributed by atoms with Crippen LogP contribution >= 0.6 is 11.6 Å². The number of piperidine rings is 1. The minimum Gasteiger partial charge on any atom is -0.388 e. The van der Waals surface area contributed by atoms with Crippen molar-refractivity contribution >= 4 is 17.5 Å². The zero-order valence-corrected chi connectivity index (χ0v) is 14.5. The third kappa shape index (κ3) is 3.63. The van der Waals surface area contributed by atoms with Crippen molar-refractivity contribution in [1.29, 1.82) is 0 Å². The van der Waals surface area contributed by atoms with E-state index in [1.807, 2.05) is 48.2 Å². The molecule has 0 bridgehead atoms. The van der Waals surface area contributed by atoms with Gasteiger partial charge >= 0.3 is 0 Å². The predicted molar refractivity (Wildman–Crippen MR) is 96.2 cm³/mol. The zero-order chi connectivity index (χ0) is 17.1. The fourth-order valence-corrected chi connectivity index (χ4v) is 3.42. The number of carbonyl (C=O) groups excluding carboxylic acids is 1. The Kier molecular flexibility index (Phi) is 5.22. The lowest BCUT2D eigenvalue weighted by atomic mass is 9.87. The highest BCUT2D eigenvalue weighted by molar-refractivity contribution is 6.31. The smallest absolute Gasteiger partial charge is 0.253 e. The molecule has 0 radical (unpaired) electrons. The number of halogens is 1. The molecule has 1 heterocycles. The first-order valence-electron chi connectivity index (χ1n) is 8.34. The summed E-state index contributed by atoms with van der Waals surface area (Å²) in [6.45, 7) is 3.26. The summed E-state index contributed by atoms with van der Waals surface area (Å²) in [4.78, 5) is 14.5. The van der Waals surface area contributed by atoms with E-state index in [9.17, 15) is 9.90 Å². The van der Waals surface area contributed by atoms with Crippen molar-refractivity contribution in [3.8, 4) is 0 Å². The van der Waals surface area contributed by atoms with Gasteiger partial charge in [-0.2, -0.15) is 0 Å². The molecular formula is C20H22ClNO2. The van der Waals surface area contributed by atoms with Crippen LogP contribution in [0.5, 0.6) is 0 Å². The molecule has 1 amide bonds. The normalized spacial score (nSPS) is 16.9. The monoisotopic (exact) mass is 343 g/mol. The van der Waals surface area contributed by atoms with E-state index in [4.69, 9.17) is 11.6 Å². The van der Waals surface area contributed by atoms with Gasteiger partial charge in [0.2, 0.25) is 0 Å². The molecule has 0 spiro atoms. The summed E-state index contributed by atoms with van der Waals surface area (Å²) < 4.78 is 0. The Balaban J connectivity index is 1.62. The van der Waals surface area contributed by atoms with Crippen LogP contribution in [0.15, 0.2) is 48.5 Å². The van der Waals surface area contributed by atoms with Gasteiger partial charge in [0.05, 0.1) is 6.10 Å². The quantitative estimate of drug-likeness (QED) is 0.905. The number of aliphatic hydroxyl groups is 1. The number of nitrogens with zero attached hydrogens (tertiary/aromatic N) is 1. The molecule has 1 aliphatic heterocycles. The van der Waals surface area contributed by atoms with Gasteiger partial charge in [0, 0.05) is 23.7 Å². The molecule has 2 aromatic carbocycles. The first-order valence-corrected chi connectivity index (χ1v) is 8.72. The molecule has 1 aliphatic rings. The second-order valence-corrected chi connectivity index (χ2v) is 6.86. The Morgan fingerprint density at radius 2 is 1.83 bits per heavy atom. The van der Waals surface area contributed by atoms with Gasteiger partial charge in [-0.1, -0.05) is 41.9 Å². The first kappa shape index (κ1) is 17.0. The third-order valence-electron chi connectivity index (χ3n) is 4.82. The Morgan fingerprint density at radius 1 is 1.17 bits per heavy atom. The second kappa shape index (κ2) is 7.37. The number of aliphatic hydroxyl groups excluding tert-OH is 1. The van der Waals surface area contributed by atoms with Gasteiger partial charge in [0.15, 0.2) is 0 Å². The van der Waals surface area contributed by atoms with Gasteiger partial charge in [0.25, 0.3) is 5.91 Å². The molecule has 1 atom stereocenters. The third-order valence-corrected chi connectivity index (χ3v) is 5.24. The van der Waals surface area contributed by atoms with Crippen LogP contribution in [0.3, 0.4) is 0 Å². The highest BCUT2D eigenvalue weighted by Gasteiger charge is 2.28. The maximum atomic E-state index is 12.6. The minimum atomic E-state index is -0.457. The molecule has 1 fully saturated rings. The molecule has 2 aromatic rings. The summed E-state index contributed by atoms with van der Waals surface area (Å²) >= 11 is 6.03. The van der Waals surface area contributed by atoms with Crippen LogP contribution in [-0.2, 0) is 0 Å². The highest BCUT2D eigenvalue weighted by atomic mass is 35.5. The van der Waals surface area contributed by atoms with Crippen LogP contribution in [0.1, 0.15) is 40.4 Å². The summed E-state index contributed by atoms with van der Waals surface area (Å²) in [5, 5.41) is 11.2. The van der Waals surface area contributed by atoms with E-state index < -0.39 is 6.10 Å². The van der Waals surface area contributed by atoms with Crippen molar-refractivity contribution in [3.63, 3.8) is 0 Å². The molecule has 1 saturated heterocycles. The van der Waals surface area contributed by atoms with Gasteiger partial charge in [0.1, 0.15) is 0 Å². The van der Waals surface area contributed by atoms with Gasteiger partial charge in [-0.3, -0.25) is 4.79 Å². The predicted octanol–water partition coefficient (Wildman–Crippen LogP) is 4.23. The molecule has 0 aliphatic carbocycles. The van der Waals surface area contributed by atoms with Gasteiger partial charge in [-0.25, -0.2) is 0 Å². The first-order chi connectivity index (χ1) is 11.6. The number of hydrogen-bond acceptors (Lipinski definition) is 2. The lowest BCUT2D eigenvalue weighted by molar-refractivity contribution is 0.0462. The van der Waals surface area contributed by atoms with E-state index in [1.54, 1.807) is 12.1 Å². The molecular weight excluding hydrogens is 322 g/mol. The van der Waals surface area contributed by atoms with Crippen LogP contribution < -0.4 is 0 Å². The van der Waals surface area contributed by atoms with Crippen molar-refractivity contribution in [2.45, 2.75) is 25.9 Å². The standard InChI is InChI=1S/C20H22ClNO2/c1-14-13-17(7-8-18(14)21)20(24)22-11-9-16(10-12-22)19(23)15-5-3-2-4-6-15/h2-8,13,16,19,23H,9-12H2,1H3. The Morgan fingerprint density at radius 3 is 2.46 bits per heavy atom. The number of hydrogen-bond donors (Lipinski definition) is 1.